The molecule has 17 heavy (non-hydrogen) atoms. The first kappa shape index (κ1) is 14.8. The molecule has 0 spiro atoms. The fraction of sp³-hybridized carbons (Fsp3) is 0.533. The van der Waals surface area contributed by atoms with Gasteiger partial charge in [-0.1, -0.05) is 43.2 Å². The molecular weight excluding hydrogens is 201 g/mol. The third-order valence-corrected chi connectivity index (χ3v) is 3.49. The zero-order valence-electron chi connectivity index (χ0n) is 11.1. The summed E-state index contributed by atoms with van der Waals surface area (Å²) in [4.78, 5) is 2.64. The van der Waals surface area contributed by atoms with Crippen LogP contribution in [0.3, 0.4) is 0 Å². The van der Waals surface area contributed by atoms with Gasteiger partial charge in [-0.05, 0) is 31.5 Å². The van der Waals surface area contributed by atoms with Crippen molar-refractivity contribution in [3.8, 4) is 0 Å². The maximum absolute atomic E-state index is 4.02. The van der Waals surface area contributed by atoms with Crippen LogP contribution in [-0.2, 0) is 0 Å². The van der Waals surface area contributed by atoms with Crippen LogP contribution in [0.5, 0.6) is 0 Å². The van der Waals surface area contributed by atoms with Crippen molar-refractivity contribution in [1.82, 2.24) is 4.90 Å². The molecular formula is C15H22LiN. The van der Waals surface area contributed by atoms with Gasteiger partial charge in [-0.25, -0.2) is 0 Å². The van der Waals surface area contributed by atoms with Crippen molar-refractivity contribution in [2.24, 2.45) is 0 Å². The van der Waals surface area contributed by atoms with Gasteiger partial charge in [-0.15, -0.1) is 0 Å². The van der Waals surface area contributed by atoms with E-state index >= 15 is 0 Å². The SMILES string of the molecule is [CH2-]CCC(c1ccccc1)N1CCCCC1.[Li+]. The predicted octanol–water partition coefficient (Wildman–Crippen LogP) is 0.832. The molecule has 1 atom stereocenters. The molecule has 0 aromatic heterocycles. The van der Waals surface area contributed by atoms with Crippen LogP contribution in [0.15, 0.2) is 30.3 Å². The second kappa shape index (κ2) is 7.98. The molecule has 2 heteroatoms. The smallest absolute Gasteiger partial charge is 0.343 e. The van der Waals surface area contributed by atoms with Gasteiger partial charge in [-0.2, -0.15) is 6.42 Å². The molecule has 1 nitrogen and oxygen atoms in total. The van der Waals surface area contributed by atoms with Crippen LogP contribution in [0.4, 0.5) is 0 Å². The Balaban J connectivity index is 0.00000144. The van der Waals surface area contributed by atoms with Crippen LogP contribution in [0.2, 0.25) is 0 Å². The van der Waals surface area contributed by atoms with Crippen molar-refractivity contribution >= 4 is 0 Å². The molecule has 0 N–H and O–H groups in total. The van der Waals surface area contributed by atoms with Crippen molar-refractivity contribution in [1.29, 1.82) is 0 Å². The monoisotopic (exact) mass is 223 g/mol. The Morgan fingerprint density at radius 3 is 2.29 bits per heavy atom. The topological polar surface area (TPSA) is 3.24 Å². The minimum Gasteiger partial charge on any atom is -0.343 e. The zero-order chi connectivity index (χ0) is 11.2. The average molecular weight is 223 g/mol. The normalized spacial score (nSPS) is 18.4. The molecule has 0 amide bonds. The largest absolute Gasteiger partial charge is 1.00 e. The summed E-state index contributed by atoms with van der Waals surface area (Å²) in [5.74, 6) is 0. The Kier molecular flexibility index (Phi) is 6.97. The van der Waals surface area contributed by atoms with Crippen LogP contribution in [0.1, 0.15) is 43.7 Å². The van der Waals surface area contributed by atoms with Gasteiger partial charge in [0.25, 0.3) is 0 Å². The summed E-state index contributed by atoms with van der Waals surface area (Å²) in [5, 5.41) is 0. The van der Waals surface area contributed by atoms with Crippen LogP contribution in [0, 0.1) is 6.92 Å². The summed E-state index contributed by atoms with van der Waals surface area (Å²) < 4.78 is 0. The Hall–Kier alpha value is -0.223. The molecule has 0 aliphatic carbocycles. The maximum atomic E-state index is 4.02. The molecule has 1 heterocycles. The van der Waals surface area contributed by atoms with Crippen molar-refractivity contribution in [2.45, 2.75) is 38.1 Å². The zero-order valence-corrected chi connectivity index (χ0v) is 11.1. The van der Waals surface area contributed by atoms with E-state index in [2.05, 4.69) is 42.2 Å². The van der Waals surface area contributed by atoms with Gasteiger partial charge in [0.1, 0.15) is 0 Å². The summed E-state index contributed by atoms with van der Waals surface area (Å²) in [6.45, 7) is 6.55. The minimum absolute atomic E-state index is 0. The van der Waals surface area contributed by atoms with E-state index in [4.69, 9.17) is 0 Å². The second-order valence-corrected chi connectivity index (χ2v) is 4.67. The number of hydrogen-bond acceptors (Lipinski definition) is 1. The van der Waals surface area contributed by atoms with E-state index in [0.29, 0.717) is 6.04 Å². The number of hydrogen-bond donors (Lipinski definition) is 0. The van der Waals surface area contributed by atoms with Crippen LogP contribution in [-0.4, -0.2) is 18.0 Å². The van der Waals surface area contributed by atoms with Gasteiger partial charge in [-0.3, -0.25) is 4.90 Å². The van der Waals surface area contributed by atoms with E-state index in [1.807, 2.05) is 0 Å². The fourth-order valence-corrected chi connectivity index (χ4v) is 2.66. The van der Waals surface area contributed by atoms with Gasteiger partial charge in [0.05, 0.1) is 0 Å². The molecule has 1 aromatic rings. The van der Waals surface area contributed by atoms with Crippen molar-refractivity contribution in [3.05, 3.63) is 42.8 Å². The quantitative estimate of drug-likeness (QED) is 0.540. The van der Waals surface area contributed by atoms with Crippen molar-refractivity contribution in [2.75, 3.05) is 13.1 Å². The van der Waals surface area contributed by atoms with Crippen LogP contribution in [0.25, 0.3) is 0 Å². The molecule has 2 rings (SSSR count). The second-order valence-electron chi connectivity index (χ2n) is 4.67. The predicted molar refractivity (Wildman–Crippen MR) is 69.2 cm³/mol. The molecule has 1 aromatic carbocycles. The Morgan fingerprint density at radius 1 is 1.06 bits per heavy atom. The first-order chi connectivity index (χ1) is 7.92. The van der Waals surface area contributed by atoms with Gasteiger partial charge in [0.15, 0.2) is 0 Å². The van der Waals surface area contributed by atoms with Crippen molar-refractivity contribution < 1.29 is 18.9 Å². The summed E-state index contributed by atoms with van der Waals surface area (Å²) in [7, 11) is 0. The minimum atomic E-state index is 0. The first-order valence-electron chi connectivity index (χ1n) is 6.50. The molecule has 1 fully saturated rings. The molecule has 1 saturated heterocycles. The number of nitrogens with zero attached hydrogens (tertiary/aromatic N) is 1. The molecule has 0 bridgehead atoms. The van der Waals surface area contributed by atoms with E-state index in [-0.39, 0.29) is 18.9 Å². The third kappa shape index (κ3) is 4.18. The summed E-state index contributed by atoms with van der Waals surface area (Å²) in [6.07, 6.45) is 6.34. The average Bonchev–Trinajstić information content (AvgIpc) is 2.38. The summed E-state index contributed by atoms with van der Waals surface area (Å²) >= 11 is 0. The van der Waals surface area contributed by atoms with Gasteiger partial charge < -0.3 is 6.92 Å². The standard InChI is InChI=1S/C15H22N.Li/c1-2-9-15(14-10-5-3-6-11-14)16-12-7-4-8-13-16;/h3,5-6,10-11,15H,1-2,4,7-9,12-13H2;/q-1;+1. The van der Waals surface area contributed by atoms with E-state index < -0.39 is 0 Å². The molecule has 0 saturated carbocycles. The van der Waals surface area contributed by atoms with E-state index in [9.17, 15) is 0 Å². The maximum Gasteiger partial charge on any atom is 1.00 e. The molecule has 88 valence electrons. The summed E-state index contributed by atoms with van der Waals surface area (Å²) in [5.41, 5.74) is 1.47. The molecule has 1 aliphatic heterocycles. The number of piperidine rings is 1. The van der Waals surface area contributed by atoms with Gasteiger partial charge in [0.2, 0.25) is 0 Å². The molecule has 0 radical (unpaired) electrons. The summed E-state index contributed by atoms with van der Waals surface area (Å²) in [6, 6.07) is 11.5. The third-order valence-electron chi connectivity index (χ3n) is 3.49. The van der Waals surface area contributed by atoms with Gasteiger partial charge >= 0.3 is 18.9 Å². The van der Waals surface area contributed by atoms with E-state index in [1.54, 1.807) is 0 Å². The molecule has 1 unspecified atom stereocenters. The number of rotatable bonds is 4. The van der Waals surface area contributed by atoms with Crippen LogP contribution < -0.4 is 18.9 Å². The fourth-order valence-electron chi connectivity index (χ4n) is 2.66. The number of benzene rings is 1. The van der Waals surface area contributed by atoms with Crippen molar-refractivity contribution in [3.63, 3.8) is 0 Å². The number of likely N-dealkylation sites (tertiary alicyclic amines) is 1. The van der Waals surface area contributed by atoms with E-state index in [0.717, 1.165) is 6.42 Å². The Labute approximate surface area is 118 Å². The Bertz CT molecular complexity index is 293. The first-order valence-corrected chi connectivity index (χ1v) is 6.50. The van der Waals surface area contributed by atoms with Gasteiger partial charge in [0, 0.05) is 6.04 Å². The molecule has 1 aliphatic rings. The Morgan fingerprint density at radius 2 is 1.71 bits per heavy atom. The van der Waals surface area contributed by atoms with Crippen LogP contribution >= 0.6 is 0 Å². The van der Waals surface area contributed by atoms with E-state index in [1.165, 1.54) is 44.3 Å².